The predicted molar refractivity (Wildman–Crippen MR) is 96.7 cm³/mol. The van der Waals surface area contributed by atoms with Crippen molar-refractivity contribution >= 4 is 27.3 Å². The van der Waals surface area contributed by atoms with Crippen LogP contribution in [-0.4, -0.2) is 59.9 Å². The molecule has 2 aromatic heterocycles. The topological polar surface area (TPSA) is 96.6 Å². The largest absolute Gasteiger partial charge is 0.417 e. The Balaban J connectivity index is 1.65. The molecule has 0 saturated carbocycles. The van der Waals surface area contributed by atoms with Crippen LogP contribution in [0.2, 0.25) is 0 Å². The van der Waals surface area contributed by atoms with Crippen molar-refractivity contribution in [3.05, 3.63) is 28.8 Å². The van der Waals surface area contributed by atoms with Gasteiger partial charge in [-0.1, -0.05) is 20.8 Å². The van der Waals surface area contributed by atoms with Gasteiger partial charge in [-0.25, -0.2) is 8.42 Å². The van der Waals surface area contributed by atoms with Gasteiger partial charge in [0.25, 0.3) is 10.0 Å². The molecule has 2 aromatic rings. The summed E-state index contributed by atoms with van der Waals surface area (Å²) in [6, 6.07) is 3.50. The fourth-order valence-corrected chi connectivity index (χ4v) is 5.51. The van der Waals surface area contributed by atoms with Gasteiger partial charge in [-0.2, -0.15) is 4.31 Å². The number of sulfonamides is 1. The van der Waals surface area contributed by atoms with Gasteiger partial charge in [-0.15, -0.1) is 21.5 Å². The number of carbonyl (C=O) groups is 1. The number of nitrogens with zero attached hydrogens (tertiary/aromatic N) is 4. The van der Waals surface area contributed by atoms with Crippen LogP contribution < -0.4 is 0 Å². The van der Waals surface area contributed by atoms with Gasteiger partial charge in [0.15, 0.2) is 0 Å². The Bertz CT molecular complexity index is 880. The van der Waals surface area contributed by atoms with Crippen LogP contribution in [-0.2, 0) is 16.4 Å². The summed E-state index contributed by atoms with van der Waals surface area (Å²) in [5, 5.41) is 7.67. The first kappa shape index (κ1) is 19.0. The average molecular weight is 399 g/mol. The van der Waals surface area contributed by atoms with Crippen LogP contribution in [0.4, 0.5) is 0 Å². The normalized spacial score (nSPS) is 16.4. The van der Waals surface area contributed by atoms with Crippen molar-refractivity contribution in [3.8, 4) is 0 Å². The molecule has 0 unspecified atom stereocenters. The Morgan fingerprint density at radius 1 is 1.23 bits per heavy atom. The lowest BCUT2D eigenvalue weighted by molar-refractivity contribution is 0.0655. The van der Waals surface area contributed by atoms with E-state index in [-0.39, 0.29) is 30.8 Å². The Kier molecular flexibility index (Phi) is 5.44. The first-order valence-electron chi connectivity index (χ1n) is 8.54. The third-order valence-electron chi connectivity index (χ3n) is 4.22. The summed E-state index contributed by atoms with van der Waals surface area (Å²) >= 11 is 1.30. The third kappa shape index (κ3) is 3.67. The van der Waals surface area contributed by atoms with Crippen molar-refractivity contribution in [2.45, 2.75) is 37.3 Å². The molecule has 0 aromatic carbocycles. The highest BCUT2D eigenvalue weighted by Crippen LogP contribution is 2.26. The third-order valence-corrected chi connectivity index (χ3v) is 7.82. The van der Waals surface area contributed by atoms with E-state index in [9.17, 15) is 13.2 Å². The van der Waals surface area contributed by atoms with Gasteiger partial charge in [0.05, 0.1) is 0 Å². The number of piperazine rings is 1. The zero-order chi connectivity index (χ0) is 18.9. The lowest BCUT2D eigenvalue weighted by Gasteiger charge is -2.32. The fraction of sp³-hybridized carbons (Fsp3) is 0.562. The molecule has 10 heteroatoms. The highest BCUT2D eigenvalue weighted by Gasteiger charge is 2.32. The van der Waals surface area contributed by atoms with Crippen molar-refractivity contribution in [3.63, 3.8) is 0 Å². The summed E-state index contributed by atoms with van der Waals surface area (Å²) < 4.78 is 32.6. The van der Waals surface area contributed by atoms with Gasteiger partial charge in [-0.3, -0.25) is 4.79 Å². The zero-order valence-corrected chi connectivity index (χ0v) is 16.6. The Hall–Kier alpha value is -1.78. The minimum absolute atomic E-state index is 0.0455. The van der Waals surface area contributed by atoms with Crippen LogP contribution in [0.15, 0.2) is 20.8 Å². The smallest absolute Gasteiger partial charge is 0.311 e. The molecule has 0 atom stereocenters. The number of carbonyl (C=O) groups excluding carboxylic acids is 1. The molecule has 1 aliphatic heterocycles. The van der Waals surface area contributed by atoms with Gasteiger partial charge >= 0.3 is 11.8 Å². The minimum atomic E-state index is -3.51. The van der Waals surface area contributed by atoms with Crippen LogP contribution in [0.1, 0.15) is 48.1 Å². The molecule has 8 nitrogen and oxygen atoms in total. The van der Waals surface area contributed by atoms with Gasteiger partial charge in [0.1, 0.15) is 4.21 Å². The summed E-state index contributed by atoms with van der Waals surface area (Å²) in [4.78, 5) is 15.1. The van der Waals surface area contributed by atoms with Crippen LogP contribution in [0, 0.1) is 0 Å². The van der Waals surface area contributed by atoms with Crippen LogP contribution >= 0.6 is 11.3 Å². The number of hydrogen-bond acceptors (Lipinski definition) is 7. The Morgan fingerprint density at radius 3 is 2.46 bits per heavy atom. The van der Waals surface area contributed by atoms with E-state index >= 15 is 0 Å². The predicted octanol–water partition coefficient (Wildman–Crippen LogP) is 1.96. The molecule has 0 N–H and O–H groups in total. The highest BCUT2D eigenvalue weighted by molar-refractivity contribution is 7.91. The lowest BCUT2D eigenvalue weighted by atomic mass is 10.2. The van der Waals surface area contributed by atoms with Gasteiger partial charge in [0, 0.05) is 37.0 Å². The standard InChI is InChI=1S/C16H22N4O4S2/c1-4-12-5-6-13(25-12)26(22,23)20-9-7-19(8-10-20)16(21)15-18-17-14(24-15)11(2)3/h5-6,11H,4,7-10H2,1-3H3. The molecule has 1 fully saturated rings. The maximum Gasteiger partial charge on any atom is 0.311 e. The molecule has 0 spiro atoms. The Labute approximate surface area is 156 Å². The molecule has 0 radical (unpaired) electrons. The molecule has 3 heterocycles. The van der Waals surface area contributed by atoms with Crippen LogP contribution in [0.5, 0.6) is 0 Å². The summed E-state index contributed by atoms with van der Waals surface area (Å²) in [7, 11) is -3.51. The molecule has 0 bridgehead atoms. The lowest BCUT2D eigenvalue weighted by Crippen LogP contribution is -2.50. The second-order valence-electron chi connectivity index (χ2n) is 6.37. The molecule has 1 amide bonds. The van der Waals surface area contributed by atoms with E-state index in [0.717, 1.165) is 11.3 Å². The summed E-state index contributed by atoms with van der Waals surface area (Å²) in [5.41, 5.74) is 0. The SMILES string of the molecule is CCc1ccc(S(=O)(=O)N2CCN(C(=O)c3nnc(C(C)C)o3)CC2)s1. The van der Waals surface area contributed by atoms with E-state index < -0.39 is 10.0 Å². The van der Waals surface area contributed by atoms with Crippen molar-refractivity contribution in [1.82, 2.24) is 19.4 Å². The first-order valence-corrected chi connectivity index (χ1v) is 10.8. The van der Waals surface area contributed by atoms with Crippen LogP contribution in [0.3, 0.4) is 0 Å². The number of amides is 1. The molecule has 142 valence electrons. The first-order chi connectivity index (χ1) is 12.3. The molecule has 26 heavy (non-hydrogen) atoms. The molecular formula is C16H22N4O4S2. The number of aryl methyl sites for hydroxylation is 1. The van der Waals surface area contributed by atoms with Crippen molar-refractivity contribution in [1.29, 1.82) is 0 Å². The fourth-order valence-electron chi connectivity index (χ4n) is 2.64. The summed E-state index contributed by atoms with van der Waals surface area (Å²) in [6.07, 6.45) is 0.811. The maximum atomic E-state index is 12.7. The van der Waals surface area contributed by atoms with Crippen molar-refractivity contribution in [2.24, 2.45) is 0 Å². The molecular weight excluding hydrogens is 376 g/mol. The van der Waals surface area contributed by atoms with E-state index in [0.29, 0.717) is 23.2 Å². The van der Waals surface area contributed by atoms with E-state index in [1.165, 1.54) is 15.6 Å². The molecule has 1 saturated heterocycles. The quantitative estimate of drug-likeness (QED) is 0.764. The highest BCUT2D eigenvalue weighted by atomic mass is 32.2. The second-order valence-corrected chi connectivity index (χ2v) is 9.70. The number of thiophene rings is 1. The van der Waals surface area contributed by atoms with Crippen molar-refractivity contribution in [2.75, 3.05) is 26.2 Å². The van der Waals surface area contributed by atoms with E-state index in [4.69, 9.17) is 4.42 Å². The second kappa shape index (κ2) is 7.45. The monoisotopic (exact) mass is 398 g/mol. The van der Waals surface area contributed by atoms with Gasteiger partial charge in [-0.05, 0) is 18.6 Å². The summed E-state index contributed by atoms with van der Waals surface area (Å²) in [6.45, 7) is 6.89. The number of hydrogen-bond donors (Lipinski definition) is 0. The van der Waals surface area contributed by atoms with Crippen LogP contribution in [0.25, 0.3) is 0 Å². The average Bonchev–Trinajstić information content (AvgIpc) is 3.31. The maximum absolute atomic E-state index is 12.7. The molecule has 3 rings (SSSR count). The van der Waals surface area contributed by atoms with Gasteiger partial charge < -0.3 is 9.32 Å². The molecule has 1 aliphatic rings. The zero-order valence-electron chi connectivity index (χ0n) is 15.0. The van der Waals surface area contributed by atoms with E-state index in [2.05, 4.69) is 10.2 Å². The van der Waals surface area contributed by atoms with E-state index in [1.54, 1.807) is 11.0 Å². The van der Waals surface area contributed by atoms with E-state index in [1.807, 2.05) is 26.8 Å². The minimum Gasteiger partial charge on any atom is -0.417 e. The number of aromatic nitrogens is 2. The summed E-state index contributed by atoms with van der Waals surface area (Å²) in [5.74, 6) is 0.0607. The number of rotatable bonds is 5. The van der Waals surface area contributed by atoms with Crippen molar-refractivity contribution < 1.29 is 17.6 Å². The van der Waals surface area contributed by atoms with Gasteiger partial charge in [0.2, 0.25) is 5.89 Å². The molecule has 0 aliphatic carbocycles. The Morgan fingerprint density at radius 2 is 1.92 bits per heavy atom.